The summed E-state index contributed by atoms with van der Waals surface area (Å²) in [6.45, 7) is 4.52. The second-order valence-corrected chi connectivity index (χ2v) is 3.87. The number of benzene rings is 1. The minimum absolute atomic E-state index is 0.109. The summed E-state index contributed by atoms with van der Waals surface area (Å²) in [5, 5.41) is 9.19. The summed E-state index contributed by atoms with van der Waals surface area (Å²) in [4.78, 5) is 12.7. The second-order valence-electron chi connectivity index (χ2n) is 3.87. The zero-order valence-corrected chi connectivity index (χ0v) is 9.89. The lowest BCUT2D eigenvalue weighted by molar-refractivity contribution is 0.117. The summed E-state index contributed by atoms with van der Waals surface area (Å²) in [6.07, 6.45) is 0.878. The Morgan fingerprint density at radius 1 is 1.25 bits per heavy atom. The number of amides is 1. The maximum absolute atomic E-state index is 11.2. The Morgan fingerprint density at radius 3 is 2.25 bits per heavy atom. The molecule has 16 heavy (non-hydrogen) atoms. The van der Waals surface area contributed by atoms with Gasteiger partial charge >= 0.3 is 6.09 Å². The van der Waals surface area contributed by atoms with Crippen molar-refractivity contribution >= 4 is 6.09 Å². The lowest BCUT2D eigenvalue weighted by Crippen LogP contribution is -2.38. The van der Waals surface area contributed by atoms with E-state index in [4.69, 9.17) is 0 Å². The lowest BCUT2D eigenvalue weighted by atomic mass is 10.1. The van der Waals surface area contributed by atoms with Crippen molar-refractivity contribution in [1.82, 2.24) is 4.90 Å². The van der Waals surface area contributed by atoms with E-state index in [1.54, 1.807) is 0 Å². The highest BCUT2D eigenvalue weighted by molar-refractivity contribution is 5.65. The molecule has 0 bridgehead atoms. The smallest absolute Gasteiger partial charge is 0.407 e. The third-order valence-electron chi connectivity index (χ3n) is 2.82. The van der Waals surface area contributed by atoms with Crippen LogP contribution in [0, 0.1) is 0 Å². The molecule has 0 atom stereocenters. The molecule has 88 valence electrons. The summed E-state index contributed by atoms with van der Waals surface area (Å²) in [6, 6.07) is 9.82. The molecule has 0 saturated heterocycles. The molecule has 0 aliphatic heterocycles. The molecule has 1 amide bonds. The number of hydrogen-bond acceptors (Lipinski definition) is 1. The molecule has 0 heterocycles. The maximum Gasteiger partial charge on any atom is 0.407 e. The molecule has 1 aromatic carbocycles. The van der Waals surface area contributed by atoms with Crippen LogP contribution in [0.1, 0.15) is 32.3 Å². The molecule has 0 aromatic heterocycles. The quantitative estimate of drug-likeness (QED) is 0.828. The summed E-state index contributed by atoms with van der Waals surface area (Å²) >= 11 is 0. The van der Waals surface area contributed by atoms with Crippen molar-refractivity contribution in [2.75, 3.05) is 0 Å². The second kappa shape index (κ2) is 6.16. The van der Waals surface area contributed by atoms with E-state index < -0.39 is 6.09 Å². The van der Waals surface area contributed by atoms with E-state index in [9.17, 15) is 9.90 Å². The molecule has 0 spiro atoms. The van der Waals surface area contributed by atoms with Gasteiger partial charge in [0.05, 0.1) is 0 Å². The molecule has 0 unspecified atom stereocenters. The molecular formula is C13H19NO2. The predicted octanol–water partition coefficient (Wildman–Crippen LogP) is 3.36. The van der Waals surface area contributed by atoms with Crippen LogP contribution in [0.25, 0.3) is 0 Å². The Labute approximate surface area is 96.7 Å². The molecule has 1 rings (SSSR count). The van der Waals surface area contributed by atoms with Crippen molar-refractivity contribution in [1.29, 1.82) is 0 Å². The molecular weight excluding hydrogens is 202 g/mol. The van der Waals surface area contributed by atoms with Crippen LogP contribution >= 0.6 is 0 Å². The molecule has 0 aliphatic carbocycles. The number of rotatable bonds is 5. The van der Waals surface area contributed by atoms with Crippen LogP contribution in [0.3, 0.4) is 0 Å². The van der Waals surface area contributed by atoms with E-state index in [-0.39, 0.29) is 6.04 Å². The first-order valence-electron chi connectivity index (χ1n) is 5.72. The van der Waals surface area contributed by atoms with Crippen LogP contribution in [0.5, 0.6) is 0 Å². The fourth-order valence-corrected chi connectivity index (χ4v) is 1.86. The van der Waals surface area contributed by atoms with Crippen LogP contribution in [-0.4, -0.2) is 22.1 Å². The molecule has 0 saturated carbocycles. The Morgan fingerprint density at radius 2 is 1.81 bits per heavy atom. The van der Waals surface area contributed by atoms with Crippen LogP contribution < -0.4 is 0 Å². The van der Waals surface area contributed by atoms with Gasteiger partial charge in [-0.2, -0.15) is 0 Å². The van der Waals surface area contributed by atoms with Gasteiger partial charge in [0, 0.05) is 12.6 Å². The molecule has 1 N–H and O–H groups in total. The van der Waals surface area contributed by atoms with Crippen LogP contribution in [0.15, 0.2) is 30.3 Å². The van der Waals surface area contributed by atoms with Crippen molar-refractivity contribution in [2.24, 2.45) is 0 Å². The summed E-state index contributed by atoms with van der Waals surface area (Å²) in [5.74, 6) is 0. The summed E-state index contributed by atoms with van der Waals surface area (Å²) < 4.78 is 0. The van der Waals surface area contributed by atoms with Crippen molar-refractivity contribution < 1.29 is 9.90 Å². The topological polar surface area (TPSA) is 40.5 Å². The highest BCUT2D eigenvalue weighted by Crippen LogP contribution is 2.13. The molecule has 0 aliphatic rings. The Hall–Kier alpha value is -1.51. The first kappa shape index (κ1) is 12.6. The highest BCUT2D eigenvalue weighted by Gasteiger charge is 2.20. The Bertz CT molecular complexity index is 320. The summed E-state index contributed by atoms with van der Waals surface area (Å²) in [5.41, 5.74) is 1.04. The average Bonchev–Trinajstić information content (AvgIpc) is 2.30. The average molecular weight is 221 g/mol. The third kappa shape index (κ3) is 3.26. The van der Waals surface area contributed by atoms with Gasteiger partial charge < -0.3 is 10.0 Å². The Kier molecular flexibility index (Phi) is 4.83. The molecule has 0 fully saturated rings. The van der Waals surface area contributed by atoms with Gasteiger partial charge in [-0.1, -0.05) is 44.2 Å². The van der Waals surface area contributed by atoms with Gasteiger partial charge in [0.2, 0.25) is 0 Å². The minimum Gasteiger partial charge on any atom is -0.465 e. The highest BCUT2D eigenvalue weighted by atomic mass is 16.4. The normalized spacial score (nSPS) is 10.4. The van der Waals surface area contributed by atoms with Gasteiger partial charge in [-0.25, -0.2) is 4.79 Å². The van der Waals surface area contributed by atoms with Crippen molar-refractivity contribution in [2.45, 2.75) is 39.3 Å². The molecule has 3 heteroatoms. The van der Waals surface area contributed by atoms with E-state index in [1.807, 2.05) is 44.2 Å². The first-order chi connectivity index (χ1) is 7.69. The SMILES string of the molecule is CCC(CC)N(Cc1ccccc1)C(=O)O. The van der Waals surface area contributed by atoms with Crippen molar-refractivity contribution in [3.8, 4) is 0 Å². The van der Waals surface area contributed by atoms with E-state index in [0.29, 0.717) is 6.54 Å². The number of nitrogens with zero attached hydrogens (tertiary/aromatic N) is 1. The lowest BCUT2D eigenvalue weighted by Gasteiger charge is -2.27. The molecule has 3 nitrogen and oxygen atoms in total. The number of hydrogen-bond donors (Lipinski definition) is 1. The number of carbonyl (C=O) groups is 1. The standard InChI is InChI=1S/C13H19NO2/c1-3-12(4-2)14(13(15)16)10-11-8-6-5-7-9-11/h5-9,12H,3-4,10H2,1-2H3,(H,15,16). The fraction of sp³-hybridized carbons (Fsp3) is 0.462. The number of carboxylic acid groups (broad SMARTS) is 1. The van der Waals surface area contributed by atoms with E-state index >= 15 is 0 Å². The van der Waals surface area contributed by atoms with Gasteiger partial charge in [0.25, 0.3) is 0 Å². The van der Waals surface area contributed by atoms with Gasteiger partial charge in [-0.3, -0.25) is 0 Å². The van der Waals surface area contributed by atoms with Crippen molar-refractivity contribution in [3.63, 3.8) is 0 Å². The fourth-order valence-electron chi connectivity index (χ4n) is 1.86. The van der Waals surface area contributed by atoms with Gasteiger partial charge in [-0.15, -0.1) is 0 Å². The monoisotopic (exact) mass is 221 g/mol. The molecule has 1 aromatic rings. The van der Waals surface area contributed by atoms with Crippen molar-refractivity contribution in [3.05, 3.63) is 35.9 Å². The maximum atomic E-state index is 11.2. The minimum atomic E-state index is -0.836. The van der Waals surface area contributed by atoms with Gasteiger partial charge in [-0.05, 0) is 18.4 Å². The van der Waals surface area contributed by atoms with Crippen LogP contribution in [0.2, 0.25) is 0 Å². The van der Waals surface area contributed by atoms with Gasteiger partial charge in [0.1, 0.15) is 0 Å². The first-order valence-corrected chi connectivity index (χ1v) is 5.72. The summed E-state index contributed by atoms with van der Waals surface area (Å²) in [7, 11) is 0. The van der Waals surface area contributed by atoms with Crippen LogP contribution in [0.4, 0.5) is 4.79 Å². The Balaban J connectivity index is 2.76. The zero-order chi connectivity index (χ0) is 12.0. The van der Waals surface area contributed by atoms with E-state index in [2.05, 4.69) is 0 Å². The van der Waals surface area contributed by atoms with E-state index in [0.717, 1.165) is 18.4 Å². The molecule has 0 radical (unpaired) electrons. The van der Waals surface area contributed by atoms with E-state index in [1.165, 1.54) is 4.90 Å². The largest absolute Gasteiger partial charge is 0.465 e. The third-order valence-corrected chi connectivity index (χ3v) is 2.82. The van der Waals surface area contributed by atoms with Gasteiger partial charge in [0.15, 0.2) is 0 Å². The zero-order valence-electron chi connectivity index (χ0n) is 9.89. The predicted molar refractivity (Wildman–Crippen MR) is 64.4 cm³/mol. The van der Waals surface area contributed by atoms with Crippen LogP contribution in [-0.2, 0) is 6.54 Å².